The third-order valence-electron chi connectivity index (χ3n) is 5.07. The molecule has 0 saturated carbocycles. The molecule has 0 aliphatic carbocycles. The van der Waals surface area contributed by atoms with Crippen molar-refractivity contribution in [1.82, 2.24) is 4.98 Å². The maximum Gasteiger partial charge on any atom is 0.233 e. The summed E-state index contributed by atoms with van der Waals surface area (Å²) in [6.07, 6.45) is 0.384. The van der Waals surface area contributed by atoms with Crippen molar-refractivity contribution in [1.29, 1.82) is 0 Å². The van der Waals surface area contributed by atoms with E-state index in [9.17, 15) is 13.2 Å². The number of benzene rings is 2. The summed E-state index contributed by atoms with van der Waals surface area (Å²) in [5.74, 6) is -0.636. The fourth-order valence-corrected chi connectivity index (χ4v) is 6.45. The van der Waals surface area contributed by atoms with E-state index in [2.05, 4.69) is 6.07 Å². The van der Waals surface area contributed by atoms with Crippen molar-refractivity contribution >= 4 is 42.4 Å². The Kier molecular flexibility index (Phi) is 4.97. The van der Waals surface area contributed by atoms with E-state index in [1.807, 2.05) is 50.2 Å². The molecule has 1 fully saturated rings. The number of carbonyl (C=O) groups is 1. The van der Waals surface area contributed by atoms with Gasteiger partial charge in [0.15, 0.2) is 15.0 Å². The molecule has 146 valence electrons. The molecule has 2 heterocycles. The third kappa shape index (κ3) is 3.82. The summed E-state index contributed by atoms with van der Waals surface area (Å²) < 4.78 is 24.9. The molecule has 5 nitrogen and oxygen atoms in total. The predicted octanol–water partition coefficient (Wildman–Crippen LogP) is 3.88. The molecule has 0 bridgehead atoms. The standard InChI is InChI=1S/C21H22N2O3S2/c1-14-10-15(2)19-18(11-14)22-21(27-19)23(12-16-6-4-3-5-7-16)20(24)17-8-9-28(25,26)13-17/h3-7,10-11,17H,8-9,12-13H2,1-2H3/t17-/m0/s1. The van der Waals surface area contributed by atoms with Crippen molar-refractivity contribution in [2.45, 2.75) is 26.8 Å². The van der Waals surface area contributed by atoms with Crippen LogP contribution < -0.4 is 4.90 Å². The molecule has 28 heavy (non-hydrogen) atoms. The van der Waals surface area contributed by atoms with Crippen LogP contribution in [0.25, 0.3) is 10.2 Å². The summed E-state index contributed by atoms with van der Waals surface area (Å²) in [6, 6.07) is 13.9. The van der Waals surface area contributed by atoms with Crippen molar-refractivity contribution in [3.63, 3.8) is 0 Å². The van der Waals surface area contributed by atoms with Gasteiger partial charge in [-0.2, -0.15) is 0 Å². The third-order valence-corrected chi connectivity index (χ3v) is 8.07. The topological polar surface area (TPSA) is 67.3 Å². The lowest BCUT2D eigenvalue weighted by Gasteiger charge is -2.22. The van der Waals surface area contributed by atoms with Crippen LogP contribution in [0.1, 0.15) is 23.1 Å². The summed E-state index contributed by atoms with van der Waals surface area (Å²) in [4.78, 5) is 19.7. The molecule has 1 saturated heterocycles. The quantitative estimate of drug-likeness (QED) is 0.650. The molecule has 3 aromatic rings. The molecule has 1 aliphatic rings. The van der Waals surface area contributed by atoms with Crippen molar-refractivity contribution in [3.05, 3.63) is 59.2 Å². The summed E-state index contributed by atoms with van der Waals surface area (Å²) in [5, 5.41) is 0.627. The highest BCUT2D eigenvalue weighted by Crippen LogP contribution is 2.34. The Morgan fingerprint density at radius 1 is 1.21 bits per heavy atom. The number of amides is 1. The van der Waals surface area contributed by atoms with Gasteiger partial charge in [-0.05, 0) is 43.0 Å². The molecule has 0 N–H and O–H groups in total. The average Bonchev–Trinajstić information content (AvgIpc) is 3.23. The van der Waals surface area contributed by atoms with Crippen LogP contribution in [-0.4, -0.2) is 30.8 Å². The number of rotatable bonds is 4. The lowest BCUT2D eigenvalue weighted by atomic mass is 10.1. The lowest BCUT2D eigenvalue weighted by Crippen LogP contribution is -2.36. The van der Waals surface area contributed by atoms with E-state index in [1.165, 1.54) is 11.3 Å². The molecule has 1 aliphatic heterocycles. The number of sulfone groups is 1. The predicted molar refractivity (Wildman–Crippen MR) is 113 cm³/mol. The molecular formula is C21H22N2O3S2. The van der Waals surface area contributed by atoms with Crippen LogP contribution in [-0.2, 0) is 21.2 Å². The van der Waals surface area contributed by atoms with Gasteiger partial charge in [-0.3, -0.25) is 9.69 Å². The summed E-state index contributed by atoms with van der Waals surface area (Å²) >= 11 is 1.49. The van der Waals surface area contributed by atoms with E-state index in [1.54, 1.807) is 4.90 Å². The van der Waals surface area contributed by atoms with Gasteiger partial charge in [-0.1, -0.05) is 47.7 Å². The number of fused-ring (bicyclic) bond motifs is 1. The van der Waals surface area contributed by atoms with E-state index in [0.717, 1.165) is 26.9 Å². The first-order valence-electron chi connectivity index (χ1n) is 9.26. The Morgan fingerprint density at radius 2 is 1.96 bits per heavy atom. The van der Waals surface area contributed by atoms with Crippen LogP contribution in [0.5, 0.6) is 0 Å². The van der Waals surface area contributed by atoms with Crippen LogP contribution in [0.2, 0.25) is 0 Å². The first kappa shape index (κ1) is 19.1. The zero-order valence-electron chi connectivity index (χ0n) is 15.9. The number of nitrogens with zero attached hydrogens (tertiary/aromatic N) is 2. The molecule has 7 heteroatoms. The number of thiazole rings is 1. The Bertz CT molecular complexity index is 1140. The van der Waals surface area contributed by atoms with Crippen LogP contribution in [0.4, 0.5) is 5.13 Å². The molecule has 0 unspecified atom stereocenters. The van der Waals surface area contributed by atoms with E-state index < -0.39 is 15.8 Å². The Labute approximate surface area is 168 Å². The minimum absolute atomic E-state index is 0.0693. The Balaban J connectivity index is 1.74. The maximum atomic E-state index is 13.3. The normalized spacial score (nSPS) is 18.4. The Morgan fingerprint density at radius 3 is 2.64 bits per heavy atom. The van der Waals surface area contributed by atoms with Crippen molar-refractivity contribution in [2.24, 2.45) is 5.92 Å². The van der Waals surface area contributed by atoms with Gasteiger partial charge in [0.2, 0.25) is 5.91 Å². The number of aromatic nitrogens is 1. The van der Waals surface area contributed by atoms with Crippen molar-refractivity contribution < 1.29 is 13.2 Å². The van der Waals surface area contributed by atoms with Gasteiger partial charge in [0, 0.05) is 0 Å². The van der Waals surface area contributed by atoms with Crippen LogP contribution in [0.3, 0.4) is 0 Å². The first-order chi connectivity index (χ1) is 13.3. The highest BCUT2D eigenvalue weighted by molar-refractivity contribution is 7.91. The number of hydrogen-bond donors (Lipinski definition) is 0. The second-order valence-corrected chi connectivity index (χ2v) is 10.6. The second kappa shape index (κ2) is 7.29. The average molecular weight is 415 g/mol. The van der Waals surface area contributed by atoms with E-state index in [4.69, 9.17) is 4.98 Å². The van der Waals surface area contributed by atoms with Crippen LogP contribution in [0, 0.1) is 19.8 Å². The van der Waals surface area contributed by atoms with Gasteiger partial charge >= 0.3 is 0 Å². The van der Waals surface area contributed by atoms with E-state index in [-0.39, 0.29) is 17.4 Å². The first-order valence-corrected chi connectivity index (χ1v) is 11.9. The largest absolute Gasteiger partial charge is 0.283 e. The summed E-state index contributed by atoms with van der Waals surface area (Å²) in [7, 11) is -3.13. The fourth-order valence-electron chi connectivity index (χ4n) is 3.70. The zero-order chi connectivity index (χ0) is 19.9. The maximum absolute atomic E-state index is 13.3. The van der Waals surface area contributed by atoms with Gasteiger partial charge in [0.05, 0.1) is 34.2 Å². The fraction of sp³-hybridized carbons (Fsp3) is 0.333. The minimum atomic E-state index is -3.13. The van der Waals surface area contributed by atoms with Crippen LogP contribution >= 0.6 is 11.3 Å². The van der Waals surface area contributed by atoms with Crippen molar-refractivity contribution in [2.75, 3.05) is 16.4 Å². The van der Waals surface area contributed by atoms with E-state index in [0.29, 0.717) is 18.1 Å². The number of carbonyl (C=O) groups excluding carboxylic acids is 1. The molecule has 0 radical (unpaired) electrons. The highest BCUT2D eigenvalue weighted by Gasteiger charge is 2.36. The number of aryl methyl sites for hydroxylation is 2. The smallest absolute Gasteiger partial charge is 0.233 e. The molecule has 1 amide bonds. The zero-order valence-corrected chi connectivity index (χ0v) is 17.5. The van der Waals surface area contributed by atoms with Crippen molar-refractivity contribution in [3.8, 4) is 0 Å². The lowest BCUT2D eigenvalue weighted by molar-refractivity contribution is -0.121. The number of anilines is 1. The van der Waals surface area contributed by atoms with Gasteiger partial charge in [-0.15, -0.1) is 0 Å². The monoisotopic (exact) mass is 414 g/mol. The number of hydrogen-bond acceptors (Lipinski definition) is 5. The molecule has 1 atom stereocenters. The van der Waals surface area contributed by atoms with E-state index >= 15 is 0 Å². The Hall–Kier alpha value is -2.25. The van der Waals surface area contributed by atoms with Gasteiger partial charge < -0.3 is 0 Å². The van der Waals surface area contributed by atoms with Gasteiger partial charge in [0.25, 0.3) is 0 Å². The summed E-state index contributed by atoms with van der Waals surface area (Å²) in [6.45, 7) is 4.46. The second-order valence-electron chi connectivity index (χ2n) is 7.44. The molecule has 2 aromatic carbocycles. The molecule has 4 rings (SSSR count). The molecular weight excluding hydrogens is 392 g/mol. The minimum Gasteiger partial charge on any atom is -0.283 e. The highest BCUT2D eigenvalue weighted by atomic mass is 32.2. The summed E-state index contributed by atoms with van der Waals surface area (Å²) in [5.41, 5.74) is 4.13. The molecule has 1 aromatic heterocycles. The molecule has 0 spiro atoms. The van der Waals surface area contributed by atoms with Gasteiger partial charge in [-0.25, -0.2) is 13.4 Å². The van der Waals surface area contributed by atoms with Crippen LogP contribution in [0.15, 0.2) is 42.5 Å². The SMILES string of the molecule is Cc1cc(C)c2sc(N(Cc3ccccc3)C(=O)[C@H]3CCS(=O)(=O)C3)nc2c1. The van der Waals surface area contributed by atoms with Gasteiger partial charge in [0.1, 0.15) is 0 Å².